The van der Waals surface area contributed by atoms with Crippen LogP contribution in [0.4, 0.5) is 5.69 Å². The van der Waals surface area contributed by atoms with Gasteiger partial charge in [0, 0.05) is 63.6 Å². The van der Waals surface area contributed by atoms with E-state index >= 15 is 0 Å². The number of nitrogens with zero attached hydrogens (tertiary/aromatic N) is 4. The summed E-state index contributed by atoms with van der Waals surface area (Å²) in [5, 5.41) is 4.26. The molecular formula is C19H31ClIN5O2S. The fourth-order valence-electron chi connectivity index (χ4n) is 3.86. The lowest BCUT2D eigenvalue weighted by Gasteiger charge is -2.38. The molecule has 0 saturated carbocycles. The van der Waals surface area contributed by atoms with Crippen LogP contribution in [-0.4, -0.2) is 82.7 Å². The van der Waals surface area contributed by atoms with Gasteiger partial charge in [-0.05, 0) is 37.0 Å². The summed E-state index contributed by atoms with van der Waals surface area (Å²) in [6.07, 6.45) is 3.07. The molecule has 0 unspecified atom stereocenters. The van der Waals surface area contributed by atoms with Gasteiger partial charge in [-0.2, -0.15) is 0 Å². The maximum atomic E-state index is 11.6. The largest absolute Gasteiger partial charge is 0.368 e. The van der Waals surface area contributed by atoms with Gasteiger partial charge < -0.3 is 15.1 Å². The molecule has 0 aromatic heterocycles. The molecule has 1 N–H and O–H groups in total. The van der Waals surface area contributed by atoms with Crippen LogP contribution in [-0.2, 0) is 10.0 Å². The third-order valence-electron chi connectivity index (χ3n) is 5.56. The molecule has 164 valence electrons. The molecule has 0 atom stereocenters. The predicted molar refractivity (Wildman–Crippen MR) is 131 cm³/mol. The first-order chi connectivity index (χ1) is 13.4. The van der Waals surface area contributed by atoms with Crippen LogP contribution in [0.15, 0.2) is 29.3 Å². The number of hydrogen-bond donors (Lipinski definition) is 1. The maximum Gasteiger partial charge on any atom is 0.211 e. The third-order valence-corrected chi connectivity index (χ3v) is 7.09. The molecule has 7 nitrogen and oxygen atoms in total. The predicted octanol–water partition coefficient (Wildman–Crippen LogP) is 2.33. The van der Waals surface area contributed by atoms with Gasteiger partial charge >= 0.3 is 0 Å². The van der Waals surface area contributed by atoms with Crippen LogP contribution in [0.25, 0.3) is 0 Å². The summed E-state index contributed by atoms with van der Waals surface area (Å²) < 4.78 is 24.8. The zero-order chi connectivity index (χ0) is 20.1. The summed E-state index contributed by atoms with van der Waals surface area (Å²) in [5.74, 6) is 1.40. The van der Waals surface area contributed by atoms with Crippen LogP contribution in [0, 0.1) is 5.92 Å². The van der Waals surface area contributed by atoms with Crippen molar-refractivity contribution in [3.05, 3.63) is 29.3 Å². The normalized spacial score (nSPS) is 19.8. The molecule has 2 aliphatic heterocycles. The molecule has 2 aliphatic rings. The minimum absolute atomic E-state index is 0. The minimum Gasteiger partial charge on any atom is -0.368 e. The van der Waals surface area contributed by atoms with E-state index in [4.69, 9.17) is 11.6 Å². The molecular weight excluding hydrogens is 525 g/mol. The molecule has 3 rings (SSSR count). The van der Waals surface area contributed by atoms with Crippen molar-refractivity contribution in [2.24, 2.45) is 10.9 Å². The molecule has 2 saturated heterocycles. The standard InChI is InChI=1S/C19H30ClN5O2S.HI/c1-21-19(22-15-16-6-8-25(9-7-16)28(2,26)27)24-12-10-23(11-13-24)18-5-3-4-17(20)14-18;/h3-5,14,16H,6-13,15H2,1-2H3,(H,21,22);1H. The van der Waals surface area contributed by atoms with Crippen LogP contribution >= 0.6 is 35.6 Å². The number of halogens is 2. The quantitative estimate of drug-likeness (QED) is 0.351. The second-order valence-electron chi connectivity index (χ2n) is 7.49. The molecule has 0 amide bonds. The van der Waals surface area contributed by atoms with Gasteiger partial charge in [0.25, 0.3) is 0 Å². The van der Waals surface area contributed by atoms with Gasteiger partial charge in [-0.3, -0.25) is 4.99 Å². The van der Waals surface area contributed by atoms with Gasteiger partial charge in [0.05, 0.1) is 6.26 Å². The van der Waals surface area contributed by atoms with Crippen molar-refractivity contribution in [2.75, 3.05) is 64.0 Å². The zero-order valence-corrected chi connectivity index (χ0v) is 21.0. The van der Waals surface area contributed by atoms with Gasteiger partial charge in [0.1, 0.15) is 0 Å². The highest BCUT2D eigenvalue weighted by atomic mass is 127. The number of rotatable bonds is 4. The molecule has 0 bridgehead atoms. The van der Waals surface area contributed by atoms with E-state index in [1.165, 1.54) is 6.26 Å². The van der Waals surface area contributed by atoms with Crippen LogP contribution in [0.1, 0.15) is 12.8 Å². The molecule has 29 heavy (non-hydrogen) atoms. The third kappa shape index (κ3) is 6.86. The first-order valence-corrected chi connectivity index (χ1v) is 12.0. The average molecular weight is 556 g/mol. The lowest BCUT2D eigenvalue weighted by Crippen LogP contribution is -2.53. The minimum atomic E-state index is -3.07. The molecule has 10 heteroatoms. The highest BCUT2D eigenvalue weighted by Gasteiger charge is 2.26. The fourth-order valence-corrected chi connectivity index (χ4v) is 4.92. The van der Waals surface area contributed by atoms with E-state index in [9.17, 15) is 8.42 Å². The lowest BCUT2D eigenvalue weighted by molar-refractivity contribution is 0.271. The van der Waals surface area contributed by atoms with Crippen molar-refractivity contribution in [3.63, 3.8) is 0 Å². The van der Waals surface area contributed by atoms with Gasteiger partial charge in [-0.25, -0.2) is 12.7 Å². The Balaban J connectivity index is 0.00000300. The molecule has 1 aromatic rings. The fraction of sp³-hybridized carbons (Fsp3) is 0.632. The molecule has 1 aromatic carbocycles. The number of aliphatic imine (C=N–C) groups is 1. The summed E-state index contributed by atoms with van der Waals surface area (Å²) >= 11 is 6.11. The van der Waals surface area contributed by atoms with Crippen molar-refractivity contribution in [2.45, 2.75) is 12.8 Å². The molecule has 0 radical (unpaired) electrons. The Morgan fingerprint density at radius 2 is 1.83 bits per heavy atom. The second kappa shape index (κ2) is 11.0. The van der Waals surface area contributed by atoms with Crippen molar-refractivity contribution < 1.29 is 8.42 Å². The van der Waals surface area contributed by atoms with Crippen LogP contribution < -0.4 is 10.2 Å². The van der Waals surface area contributed by atoms with E-state index in [1.807, 2.05) is 25.2 Å². The van der Waals surface area contributed by atoms with Gasteiger partial charge in [-0.1, -0.05) is 17.7 Å². The number of anilines is 1. The highest BCUT2D eigenvalue weighted by molar-refractivity contribution is 14.0. The summed E-state index contributed by atoms with van der Waals surface area (Å²) in [6, 6.07) is 7.98. The summed E-state index contributed by atoms with van der Waals surface area (Å²) in [7, 11) is -1.25. The second-order valence-corrected chi connectivity index (χ2v) is 9.91. The first-order valence-electron chi connectivity index (χ1n) is 9.78. The SMILES string of the molecule is CN=C(NCC1CCN(S(C)(=O)=O)CC1)N1CCN(c2cccc(Cl)c2)CC1.I. The van der Waals surface area contributed by atoms with Crippen molar-refractivity contribution in [3.8, 4) is 0 Å². The Bertz CT molecular complexity index is 792. The Morgan fingerprint density at radius 1 is 1.17 bits per heavy atom. The van der Waals surface area contributed by atoms with E-state index in [1.54, 1.807) is 4.31 Å². The first kappa shape index (κ1) is 24.5. The number of piperazine rings is 1. The number of guanidine groups is 1. The molecule has 2 heterocycles. The van der Waals surface area contributed by atoms with Crippen molar-refractivity contribution in [1.29, 1.82) is 0 Å². The number of sulfonamides is 1. The van der Waals surface area contributed by atoms with Gasteiger partial charge in [0.15, 0.2) is 5.96 Å². The van der Waals surface area contributed by atoms with E-state index in [-0.39, 0.29) is 24.0 Å². The van der Waals surface area contributed by atoms with E-state index in [0.717, 1.165) is 62.2 Å². The van der Waals surface area contributed by atoms with Crippen LogP contribution in [0.3, 0.4) is 0 Å². The van der Waals surface area contributed by atoms with E-state index in [0.29, 0.717) is 19.0 Å². The smallest absolute Gasteiger partial charge is 0.211 e. The Hall–Kier alpha value is -0.780. The maximum absolute atomic E-state index is 11.6. The molecule has 0 aliphatic carbocycles. The summed E-state index contributed by atoms with van der Waals surface area (Å²) in [4.78, 5) is 9.08. The molecule has 0 spiro atoms. The topological polar surface area (TPSA) is 68.2 Å². The Morgan fingerprint density at radius 3 is 2.38 bits per heavy atom. The molecule has 2 fully saturated rings. The van der Waals surface area contributed by atoms with E-state index < -0.39 is 10.0 Å². The monoisotopic (exact) mass is 555 g/mol. The van der Waals surface area contributed by atoms with Crippen molar-refractivity contribution >= 4 is 57.2 Å². The van der Waals surface area contributed by atoms with Crippen LogP contribution in [0.5, 0.6) is 0 Å². The summed E-state index contributed by atoms with van der Waals surface area (Å²) in [6.45, 7) is 5.71. The van der Waals surface area contributed by atoms with Gasteiger partial charge in [0.2, 0.25) is 10.0 Å². The van der Waals surface area contributed by atoms with E-state index in [2.05, 4.69) is 26.2 Å². The highest BCUT2D eigenvalue weighted by Crippen LogP contribution is 2.21. The van der Waals surface area contributed by atoms with Crippen LogP contribution in [0.2, 0.25) is 5.02 Å². The number of benzene rings is 1. The average Bonchev–Trinajstić information content (AvgIpc) is 2.69. The lowest BCUT2D eigenvalue weighted by atomic mass is 9.98. The summed E-state index contributed by atoms with van der Waals surface area (Å²) in [5.41, 5.74) is 1.16. The number of hydrogen-bond acceptors (Lipinski definition) is 4. The number of piperidine rings is 1. The Labute approximate surface area is 196 Å². The number of nitrogens with one attached hydrogen (secondary N) is 1. The van der Waals surface area contributed by atoms with Gasteiger partial charge in [-0.15, -0.1) is 24.0 Å². The van der Waals surface area contributed by atoms with Crippen molar-refractivity contribution in [1.82, 2.24) is 14.5 Å². The Kier molecular flexibility index (Phi) is 9.30. The zero-order valence-electron chi connectivity index (χ0n) is 17.1.